The molecule has 0 atom stereocenters. The van der Waals surface area contributed by atoms with Gasteiger partial charge in [-0.15, -0.1) is 0 Å². The molecule has 1 fully saturated rings. The number of anilines is 1. The lowest BCUT2D eigenvalue weighted by Crippen LogP contribution is -2.36. The van der Waals surface area contributed by atoms with Gasteiger partial charge in [0.25, 0.3) is 0 Å². The number of aryl methyl sites for hydroxylation is 1. The van der Waals surface area contributed by atoms with Crippen LogP contribution in [0.25, 0.3) is 11.0 Å². The van der Waals surface area contributed by atoms with Gasteiger partial charge < -0.3 is 9.64 Å². The quantitative estimate of drug-likeness (QED) is 0.639. The van der Waals surface area contributed by atoms with Crippen molar-refractivity contribution in [3.05, 3.63) is 35.4 Å². The molecule has 0 aliphatic carbocycles. The minimum Gasteiger partial charge on any atom is -0.462 e. The molecule has 1 aliphatic rings. The summed E-state index contributed by atoms with van der Waals surface area (Å²) in [5.41, 5.74) is 2.08. The van der Waals surface area contributed by atoms with Gasteiger partial charge in [-0.1, -0.05) is 11.6 Å². The van der Waals surface area contributed by atoms with Crippen molar-refractivity contribution in [1.29, 1.82) is 0 Å². The molecule has 0 bridgehead atoms. The van der Waals surface area contributed by atoms with Crippen molar-refractivity contribution >= 4 is 34.3 Å². The molecule has 0 aromatic carbocycles. The average Bonchev–Trinajstić information content (AvgIpc) is 3.27. The second-order valence-electron chi connectivity index (χ2n) is 6.60. The molecular weight excluding hydrogens is 368 g/mol. The number of ether oxygens (including phenoxy) is 1. The van der Waals surface area contributed by atoms with E-state index in [9.17, 15) is 4.79 Å². The maximum absolute atomic E-state index is 12.5. The third-order valence-electron chi connectivity index (χ3n) is 4.95. The van der Waals surface area contributed by atoms with Gasteiger partial charge >= 0.3 is 5.97 Å². The van der Waals surface area contributed by atoms with Crippen molar-refractivity contribution in [3.63, 3.8) is 0 Å². The Bertz CT molecular complexity index is 974. The van der Waals surface area contributed by atoms with Crippen LogP contribution in [0.3, 0.4) is 0 Å². The molecule has 3 aromatic rings. The Kier molecular flexibility index (Phi) is 4.73. The van der Waals surface area contributed by atoms with Crippen LogP contribution in [0, 0.1) is 0 Å². The number of hydrogen-bond acceptors (Lipinski definition) is 6. The number of nitrogens with zero attached hydrogens (tertiary/aromatic N) is 6. The number of pyridine rings is 1. The molecule has 0 saturated carbocycles. The summed E-state index contributed by atoms with van der Waals surface area (Å²) in [6.07, 6.45) is 8.69. The predicted molar refractivity (Wildman–Crippen MR) is 102 cm³/mol. The molecule has 0 unspecified atom stereocenters. The largest absolute Gasteiger partial charge is 0.462 e. The van der Waals surface area contributed by atoms with Gasteiger partial charge in [0.05, 0.1) is 41.1 Å². The second-order valence-corrected chi connectivity index (χ2v) is 7.04. The molecule has 4 heterocycles. The van der Waals surface area contributed by atoms with E-state index in [1.807, 2.05) is 17.9 Å². The fourth-order valence-corrected chi connectivity index (χ4v) is 3.79. The fraction of sp³-hybridized carbons (Fsp3) is 0.444. The van der Waals surface area contributed by atoms with Crippen LogP contribution in [0.2, 0.25) is 5.02 Å². The summed E-state index contributed by atoms with van der Waals surface area (Å²) in [4.78, 5) is 19.1. The van der Waals surface area contributed by atoms with Gasteiger partial charge in [-0.05, 0) is 19.8 Å². The number of carbonyl (C=O) groups excluding carboxylic acids is 1. The minimum absolute atomic E-state index is 0.297. The van der Waals surface area contributed by atoms with E-state index in [1.165, 1.54) is 0 Å². The van der Waals surface area contributed by atoms with Crippen LogP contribution < -0.4 is 4.90 Å². The first-order valence-corrected chi connectivity index (χ1v) is 9.38. The van der Waals surface area contributed by atoms with E-state index >= 15 is 0 Å². The van der Waals surface area contributed by atoms with Gasteiger partial charge in [0, 0.05) is 32.5 Å². The first-order valence-electron chi connectivity index (χ1n) is 9.01. The second kappa shape index (κ2) is 7.19. The van der Waals surface area contributed by atoms with E-state index < -0.39 is 0 Å². The normalized spacial score (nSPS) is 15.4. The maximum Gasteiger partial charge on any atom is 0.341 e. The highest BCUT2D eigenvalue weighted by Gasteiger charge is 2.27. The summed E-state index contributed by atoms with van der Waals surface area (Å²) < 4.78 is 8.89. The Morgan fingerprint density at radius 3 is 2.70 bits per heavy atom. The SMILES string of the molecule is CCOC(=O)c1cnc2c(cnn2C)c1N1CCC(n2cc(Cl)cn2)CC1. The number of fused-ring (bicyclic) bond motifs is 1. The van der Waals surface area contributed by atoms with E-state index in [0.29, 0.717) is 23.2 Å². The summed E-state index contributed by atoms with van der Waals surface area (Å²) in [6, 6.07) is 0.297. The number of hydrogen-bond donors (Lipinski definition) is 0. The van der Waals surface area contributed by atoms with Gasteiger partial charge in [-0.25, -0.2) is 9.78 Å². The summed E-state index contributed by atoms with van der Waals surface area (Å²) in [5, 5.41) is 10.1. The van der Waals surface area contributed by atoms with E-state index in [1.54, 1.807) is 30.2 Å². The monoisotopic (exact) mass is 388 g/mol. The summed E-state index contributed by atoms with van der Waals surface area (Å²) >= 11 is 6.00. The molecule has 1 aliphatic heterocycles. The molecule has 3 aromatic heterocycles. The van der Waals surface area contributed by atoms with Crippen molar-refractivity contribution in [1.82, 2.24) is 24.5 Å². The van der Waals surface area contributed by atoms with E-state index in [-0.39, 0.29) is 5.97 Å². The number of aromatic nitrogens is 5. The third kappa shape index (κ3) is 3.25. The molecule has 1 saturated heterocycles. The van der Waals surface area contributed by atoms with Crippen LogP contribution in [0.15, 0.2) is 24.8 Å². The lowest BCUT2D eigenvalue weighted by atomic mass is 10.0. The average molecular weight is 389 g/mol. The first-order chi connectivity index (χ1) is 13.1. The maximum atomic E-state index is 12.5. The number of piperidine rings is 1. The zero-order chi connectivity index (χ0) is 19.0. The summed E-state index contributed by atoms with van der Waals surface area (Å²) in [7, 11) is 1.84. The van der Waals surface area contributed by atoms with Crippen molar-refractivity contribution in [3.8, 4) is 0 Å². The highest BCUT2D eigenvalue weighted by Crippen LogP contribution is 2.34. The molecule has 9 heteroatoms. The van der Waals surface area contributed by atoms with Crippen LogP contribution in [0.1, 0.15) is 36.2 Å². The molecule has 4 rings (SSSR count). The lowest BCUT2D eigenvalue weighted by molar-refractivity contribution is 0.0526. The van der Waals surface area contributed by atoms with Gasteiger partial charge in [0.1, 0.15) is 5.56 Å². The van der Waals surface area contributed by atoms with E-state index in [0.717, 1.165) is 42.7 Å². The molecular formula is C18H21ClN6O2. The highest BCUT2D eigenvalue weighted by atomic mass is 35.5. The van der Waals surface area contributed by atoms with Crippen molar-refractivity contribution < 1.29 is 9.53 Å². The molecule has 142 valence electrons. The van der Waals surface area contributed by atoms with Crippen LogP contribution in [-0.4, -0.2) is 50.2 Å². The van der Waals surface area contributed by atoms with Crippen molar-refractivity contribution in [2.45, 2.75) is 25.8 Å². The summed E-state index contributed by atoms with van der Waals surface area (Å²) in [5.74, 6) is -0.355. The highest BCUT2D eigenvalue weighted by molar-refractivity contribution is 6.30. The Hall–Kier alpha value is -2.61. The molecule has 27 heavy (non-hydrogen) atoms. The van der Waals surface area contributed by atoms with Crippen LogP contribution in [-0.2, 0) is 11.8 Å². The van der Waals surface area contributed by atoms with Crippen LogP contribution in [0.4, 0.5) is 5.69 Å². The third-order valence-corrected chi connectivity index (χ3v) is 5.15. The number of carbonyl (C=O) groups is 1. The Morgan fingerprint density at radius 1 is 1.26 bits per heavy atom. The smallest absolute Gasteiger partial charge is 0.341 e. The standard InChI is InChI=1S/C18H21ClN6O2/c1-3-27-18(26)15-9-20-17-14(10-21-23(17)2)16(15)24-6-4-13(5-7-24)25-11-12(19)8-22-25/h8-11,13H,3-7H2,1-2H3. The molecule has 0 amide bonds. The van der Waals surface area contributed by atoms with E-state index in [4.69, 9.17) is 16.3 Å². The molecule has 0 N–H and O–H groups in total. The van der Waals surface area contributed by atoms with Crippen LogP contribution >= 0.6 is 11.6 Å². The van der Waals surface area contributed by atoms with Gasteiger partial charge in [-0.3, -0.25) is 9.36 Å². The Balaban J connectivity index is 1.66. The Morgan fingerprint density at radius 2 is 2.04 bits per heavy atom. The van der Waals surface area contributed by atoms with Gasteiger partial charge in [0.2, 0.25) is 0 Å². The topological polar surface area (TPSA) is 78.1 Å². The summed E-state index contributed by atoms with van der Waals surface area (Å²) in [6.45, 7) is 3.71. The molecule has 0 radical (unpaired) electrons. The van der Waals surface area contributed by atoms with Gasteiger partial charge in [0.15, 0.2) is 5.65 Å². The number of rotatable bonds is 4. The van der Waals surface area contributed by atoms with Gasteiger partial charge in [-0.2, -0.15) is 10.2 Å². The fourth-order valence-electron chi connectivity index (χ4n) is 3.65. The Labute approximate surface area is 161 Å². The molecule has 8 nitrogen and oxygen atoms in total. The number of esters is 1. The van der Waals surface area contributed by atoms with Crippen LogP contribution in [0.5, 0.6) is 0 Å². The predicted octanol–water partition coefficient (Wildman–Crippen LogP) is 2.84. The van der Waals surface area contributed by atoms with Crippen molar-refractivity contribution in [2.75, 3.05) is 24.6 Å². The zero-order valence-electron chi connectivity index (χ0n) is 15.3. The first kappa shape index (κ1) is 17.8. The van der Waals surface area contributed by atoms with E-state index in [2.05, 4.69) is 20.1 Å². The molecule has 0 spiro atoms. The zero-order valence-corrected chi connectivity index (χ0v) is 16.1. The lowest BCUT2D eigenvalue weighted by Gasteiger charge is -2.34. The van der Waals surface area contributed by atoms with Crippen molar-refractivity contribution in [2.24, 2.45) is 7.05 Å². The number of halogens is 1. The minimum atomic E-state index is -0.355.